The Kier molecular flexibility index (Phi) is 4.58. The number of carbonyl (C=O) groups is 1. The lowest BCUT2D eigenvalue weighted by Gasteiger charge is -2.08. The van der Waals surface area contributed by atoms with Gasteiger partial charge in [0.2, 0.25) is 0 Å². The molecule has 5 heteroatoms. The molecular weight excluding hydrogens is 212 g/mol. The quantitative estimate of drug-likeness (QED) is 0.796. The fourth-order valence-corrected chi connectivity index (χ4v) is 1.77. The number of thiophene rings is 1. The minimum atomic E-state index is -0.0906. The van der Waals surface area contributed by atoms with Crippen LogP contribution in [-0.4, -0.2) is 25.6 Å². The van der Waals surface area contributed by atoms with Gasteiger partial charge >= 0.3 is 0 Å². The van der Waals surface area contributed by atoms with Gasteiger partial charge in [0.25, 0.3) is 5.91 Å². The summed E-state index contributed by atoms with van der Waals surface area (Å²) in [6, 6.07) is 1.74. The summed E-state index contributed by atoms with van der Waals surface area (Å²) in [6.07, 6.45) is 0.855. The van der Waals surface area contributed by atoms with Crippen LogP contribution < -0.4 is 15.8 Å². The molecule has 84 valence electrons. The van der Waals surface area contributed by atoms with Gasteiger partial charge in [-0.2, -0.15) is 0 Å². The van der Waals surface area contributed by atoms with E-state index < -0.39 is 0 Å². The molecule has 1 unspecified atom stereocenters. The van der Waals surface area contributed by atoms with Crippen LogP contribution in [0.4, 0.5) is 0 Å². The first-order chi connectivity index (χ1) is 7.17. The van der Waals surface area contributed by atoms with Crippen LogP contribution in [-0.2, 0) is 0 Å². The van der Waals surface area contributed by atoms with E-state index in [-0.39, 0.29) is 11.9 Å². The molecule has 1 aromatic rings. The fourth-order valence-electron chi connectivity index (χ4n) is 1.00. The van der Waals surface area contributed by atoms with Crippen molar-refractivity contribution in [2.75, 3.05) is 13.7 Å². The molecule has 15 heavy (non-hydrogen) atoms. The highest BCUT2D eigenvalue weighted by Gasteiger charge is 2.09. The third-order valence-corrected chi connectivity index (χ3v) is 2.99. The molecule has 1 heterocycles. The van der Waals surface area contributed by atoms with Gasteiger partial charge in [-0.25, -0.2) is 0 Å². The topological polar surface area (TPSA) is 64.3 Å². The van der Waals surface area contributed by atoms with Crippen molar-refractivity contribution >= 4 is 17.2 Å². The molecule has 1 amide bonds. The van der Waals surface area contributed by atoms with Crippen molar-refractivity contribution in [1.29, 1.82) is 0 Å². The number of methoxy groups -OCH3 is 1. The molecule has 0 radical (unpaired) electrons. The third-order valence-electron chi connectivity index (χ3n) is 2.08. The van der Waals surface area contributed by atoms with Gasteiger partial charge in [0, 0.05) is 24.0 Å². The normalized spacial score (nSPS) is 12.2. The third kappa shape index (κ3) is 3.53. The van der Waals surface area contributed by atoms with Crippen molar-refractivity contribution in [2.24, 2.45) is 5.73 Å². The van der Waals surface area contributed by atoms with Gasteiger partial charge in [-0.15, -0.1) is 11.3 Å². The van der Waals surface area contributed by atoms with Crippen LogP contribution in [0.5, 0.6) is 5.75 Å². The van der Waals surface area contributed by atoms with E-state index in [2.05, 4.69) is 5.32 Å². The van der Waals surface area contributed by atoms with E-state index in [1.807, 2.05) is 6.92 Å². The van der Waals surface area contributed by atoms with Crippen LogP contribution >= 0.6 is 11.3 Å². The first kappa shape index (κ1) is 12.0. The summed E-state index contributed by atoms with van der Waals surface area (Å²) in [6.45, 7) is 2.50. The van der Waals surface area contributed by atoms with Gasteiger partial charge < -0.3 is 15.8 Å². The molecule has 0 aromatic carbocycles. The largest absolute Gasteiger partial charge is 0.496 e. The minimum absolute atomic E-state index is 0.0239. The van der Waals surface area contributed by atoms with Gasteiger partial charge in [0.15, 0.2) is 0 Å². The highest BCUT2D eigenvalue weighted by Crippen LogP contribution is 2.20. The van der Waals surface area contributed by atoms with Gasteiger partial charge in [-0.3, -0.25) is 4.79 Å². The number of nitrogens with one attached hydrogen (secondary N) is 1. The predicted octanol–water partition coefficient (Wildman–Crippen LogP) is 1.22. The Balaban J connectivity index is 2.46. The van der Waals surface area contributed by atoms with Gasteiger partial charge in [-0.05, 0) is 6.42 Å². The number of hydrogen-bond donors (Lipinski definition) is 2. The van der Waals surface area contributed by atoms with E-state index in [0.717, 1.165) is 6.42 Å². The monoisotopic (exact) mass is 228 g/mol. The summed E-state index contributed by atoms with van der Waals surface area (Å²) < 4.78 is 5.00. The Hall–Kier alpha value is -1.07. The summed E-state index contributed by atoms with van der Waals surface area (Å²) in [5.74, 6) is 0.622. The molecule has 3 N–H and O–H groups in total. The van der Waals surface area contributed by atoms with Crippen molar-refractivity contribution in [1.82, 2.24) is 5.32 Å². The van der Waals surface area contributed by atoms with Crippen molar-refractivity contribution in [3.8, 4) is 5.75 Å². The highest BCUT2D eigenvalue weighted by atomic mass is 32.1. The summed E-state index contributed by atoms with van der Waals surface area (Å²) in [5.41, 5.74) is 5.69. The molecule has 0 aliphatic rings. The lowest BCUT2D eigenvalue weighted by atomic mass is 10.2. The van der Waals surface area contributed by atoms with Crippen molar-refractivity contribution < 1.29 is 9.53 Å². The molecule has 0 bridgehead atoms. The number of carbonyl (C=O) groups excluding carboxylic acids is 1. The number of hydrogen-bond acceptors (Lipinski definition) is 4. The Morgan fingerprint density at radius 1 is 1.73 bits per heavy atom. The van der Waals surface area contributed by atoms with Gasteiger partial charge in [-0.1, -0.05) is 6.92 Å². The zero-order valence-electron chi connectivity index (χ0n) is 8.95. The van der Waals surface area contributed by atoms with Crippen LogP contribution in [0.25, 0.3) is 0 Å². The second kappa shape index (κ2) is 5.72. The summed E-state index contributed by atoms with van der Waals surface area (Å²) in [4.78, 5) is 12.2. The predicted molar refractivity (Wildman–Crippen MR) is 61.5 cm³/mol. The second-order valence-corrected chi connectivity index (χ2v) is 4.14. The smallest absolute Gasteiger partial charge is 0.261 e. The summed E-state index contributed by atoms with van der Waals surface area (Å²) in [7, 11) is 1.58. The van der Waals surface area contributed by atoms with E-state index in [9.17, 15) is 4.79 Å². The van der Waals surface area contributed by atoms with Crippen molar-refractivity contribution in [3.05, 3.63) is 16.3 Å². The number of nitrogens with two attached hydrogens (primary N) is 1. The fraction of sp³-hybridized carbons (Fsp3) is 0.500. The zero-order chi connectivity index (χ0) is 11.3. The average molecular weight is 228 g/mol. The van der Waals surface area contributed by atoms with E-state index in [1.54, 1.807) is 18.6 Å². The maximum absolute atomic E-state index is 11.6. The van der Waals surface area contributed by atoms with Crippen molar-refractivity contribution in [2.45, 2.75) is 19.4 Å². The average Bonchev–Trinajstić information content (AvgIpc) is 2.73. The molecule has 1 rings (SSSR count). The molecule has 0 spiro atoms. The van der Waals surface area contributed by atoms with Crippen molar-refractivity contribution in [3.63, 3.8) is 0 Å². The Labute approximate surface area is 93.4 Å². The zero-order valence-corrected chi connectivity index (χ0v) is 9.76. The standard InChI is InChI=1S/C10H16N2O2S/c1-3-7(11)5-12-10(13)9-4-8(14-2)6-15-9/h4,6-7H,3,5,11H2,1-2H3,(H,12,13). The number of ether oxygens (including phenoxy) is 1. The maximum atomic E-state index is 11.6. The number of rotatable bonds is 5. The highest BCUT2D eigenvalue weighted by molar-refractivity contribution is 7.12. The van der Waals surface area contributed by atoms with Crippen LogP contribution in [0.3, 0.4) is 0 Å². The van der Waals surface area contributed by atoms with Gasteiger partial charge in [0.1, 0.15) is 5.75 Å². The first-order valence-electron chi connectivity index (χ1n) is 4.83. The van der Waals surface area contributed by atoms with E-state index in [4.69, 9.17) is 10.5 Å². The van der Waals surface area contributed by atoms with Gasteiger partial charge in [0.05, 0.1) is 12.0 Å². The maximum Gasteiger partial charge on any atom is 0.261 e. The Morgan fingerprint density at radius 2 is 2.47 bits per heavy atom. The molecule has 4 nitrogen and oxygen atoms in total. The lowest BCUT2D eigenvalue weighted by molar-refractivity contribution is 0.0955. The lowest BCUT2D eigenvalue weighted by Crippen LogP contribution is -2.36. The van der Waals surface area contributed by atoms with Crippen LogP contribution in [0.1, 0.15) is 23.0 Å². The summed E-state index contributed by atoms with van der Waals surface area (Å²) in [5, 5.41) is 4.58. The molecule has 0 aliphatic heterocycles. The SMILES string of the molecule is CCC(N)CNC(=O)c1cc(OC)cs1. The minimum Gasteiger partial charge on any atom is -0.496 e. The molecule has 0 saturated heterocycles. The molecule has 0 saturated carbocycles. The molecule has 1 atom stereocenters. The second-order valence-electron chi connectivity index (χ2n) is 3.23. The molecular formula is C10H16N2O2S. The van der Waals surface area contributed by atoms with E-state index in [1.165, 1.54) is 11.3 Å². The molecule has 0 fully saturated rings. The van der Waals surface area contributed by atoms with Crippen LogP contribution in [0.2, 0.25) is 0 Å². The van der Waals surface area contributed by atoms with Crippen LogP contribution in [0.15, 0.2) is 11.4 Å². The first-order valence-corrected chi connectivity index (χ1v) is 5.71. The van der Waals surface area contributed by atoms with E-state index in [0.29, 0.717) is 17.2 Å². The summed E-state index contributed by atoms with van der Waals surface area (Å²) >= 11 is 1.36. The molecule has 1 aromatic heterocycles. The number of amides is 1. The van der Waals surface area contributed by atoms with E-state index >= 15 is 0 Å². The Bertz CT molecular complexity index is 325. The Morgan fingerprint density at radius 3 is 3.00 bits per heavy atom. The van der Waals surface area contributed by atoms with Crippen LogP contribution in [0, 0.1) is 0 Å². The molecule has 0 aliphatic carbocycles.